The molecule has 1 aromatic carbocycles. The van der Waals surface area contributed by atoms with Crippen molar-refractivity contribution in [1.29, 1.82) is 0 Å². The summed E-state index contributed by atoms with van der Waals surface area (Å²) >= 11 is 1.40. The normalized spacial score (nSPS) is 13.8. The zero-order chi connectivity index (χ0) is 19.4. The molecule has 0 saturated carbocycles. The fourth-order valence-electron chi connectivity index (χ4n) is 3.27. The standard InChI is InChI=1S/C19H22N2O4S2/c20-18(23)17-14-9-4-5-10-15(14)26-19(17)21-16(22)11-6-12-27(24,25)13-7-2-1-3-8-13/h1-3,7-8H,4-6,9-12H2,(H2,20,23)(H,21,22). The van der Waals surface area contributed by atoms with Crippen molar-refractivity contribution in [3.05, 3.63) is 46.3 Å². The van der Waals surface area contributed by atoms with Crippen molar-refractivity contribution in [3.8, 4) is 0 Å². The third-order valence-corrected chi connectivity index (χ3v) is 7.61. The van der Waals surface area contributed by atoms with E-state index in [4.69, 9.17) is 5.73 Å². The largest absolute Gasteiger partial charge is 0.365 e. The molecule has 3 rings (SSSR count). The summed E-state index contributed by atoms with van der Waals surface area (Å²) in [4.78, 5) is 25.5. The van der Waals surface area contributed by atoms with Crippen LogP contribution in [0, 0.1) is 0 Å². The van der Waals surface area contributed by atoms with Gasteiger partial charge < -0.3 is 11.1 Å². The van der Waals surface area contributed by atoms with E-state index in [-0.39, 0.29) is 29.4 Å². The van der Waals surface area contributed by atoms with Gasteiger partial charge in [0.25, 0.3) is 5.91 Å². The number of aryl methyl sites for hydroxylation is 1. The van der Waals surface area contributed by atoms with Crippen LogP contribution in [-0.2, 0) is 27.5 Å². The van der Waals surface area contributed by atoms with Gasteiger partial charge in [-0.1, -0.05) is 18.2 Å². The second-order valence-corrected chi connectivity index (χ2v) is 9.78. The van der Waals surface area contributed by atoms with E-state index in [2.05, 4.69) is 5.32 Å². The summed E-state index contributed by atoms with van der Waals surface area (Å²) in [6.07, 6.45) is 4.04. The number of benzene rings is 1. The molecule has 3 N–H and O–H groups in total. The highest BCUT2D eigenvalue weighted by Gasteiger charge is 2.25. The Bertz CT molecular complexity index is 950. The molecular weight excluding hydrogens is 384 g/mol. The first-order chi connectivity index (χ1) is 12.9. The van der Waals surface area contributed by atoms with Crippen LogP contribution in [0.4, 0.5) is 5.00 Å². The zero-order valence-corrected chi connectivity index (χ0v) is 16.5. The molecule has 0 saturated heterocycles. The van der Waals surface area contributed by atoms with Gasteiger partial charge in [0.15, 0.2) is 9.84 Å². The molecule has 0 aliphatic heterocycles. The number of primary amides is 1. The van der Waals surface area contributed by atoms with Crippen LogP contribution in [0.2, 0.25) is 0 Å². The highest BCUT2D eigenvalue weighted by molar-refractivity contribution is 7.91. The predicted molar refractivity (Wildman–Crippen MR) is 106 cm³/mol. The van der Waals surface area contributed by atoms with Crippen LogP contribution in [-0.4, -0.2) is 26.0 Å². The number of hydrogen-bond acceptors (Lipinski definition) is 5. The molecule has 0 radical (unpaired) electrons. The van der Waals surface area contributed by atoms with Gasteiger partial charge in [-0.2, -0.15) is 0 Å². The zero-order valence-electron chi connectivity index (χ0n) is 14.9. The molecule has 0 atom stereocenters. The number of nitrogens with two attached hydrogens (primary N) is 1. The van der Waals surface area contributed by atoms with Gasteiger partial charge >= 0.3 is 0 Å². The van der Waals surface area contributed by atoms with E-state index in [0.717, 1.165) is 36.1 Å². The Balaban J connectivity index is 1.62. The molecule has 8 heteroatoms. The van der Waals surface area contributed by atoms with Crippen LogP contribution in [0.25, 0.3) is 0 Å². The lowest BCUT2D eigenvalue weighted by Crippen LogP contribution is -2.19. The van der Waals surface area contributed by atoms with Crippen molar-refractivity contribution in [2.24, 2.45) is 5.73 Å². The van der Waals surface area contributed by atoms with Gasteiger partial charge in [0.05, 0.1) is 16.2 Å². The van der Waals surface area contributed by atoms with Gasteiger partial charge in [0.2, 0.25) is 5.91 Å². The molecule has 6 nitrogen and oxygen atoms in total. The van der Waals surface area contributed by atoms with E-state index in [1.54, 1.807) is 30.3 Å². The number of rotatable bonds is 7. The monoisotopic (exact) mass is 406 g/mol. The minimum Gasteiger partial charge on any atom is -0.365 e. The van der Waals surface area contributed by atoms with Crippen LogP contribution >= 0.6 is 11.3 Å². The number of amides is 2. The van der Waals surface area contributed by atoms with E-state index in [9.17, 15) is 18.0 Å². The minimum atomic E-state index is -3.40. The molecule has 1 aliphatic carbocycles. The Kier molecular flexibility index (Phi) is 5.96. The summed E-state index contributed by atoms with van der Waals surface area (Å²) in [5, 5.41) is 3.25. The van der Waals surface area contributed by atoms with E-state index < -0.39 is 15.7 Å². The molecule has 0 bridgehead atoms. The van der Waals surface area contributed by atoms with E-state index in [1.165, 1.54) is 11.3 Å². The third kappa shape index (κ3) is 4.56. The summed E-state index contributed by atoms with van der Waals surface area (Å²) in [5.74, 6) is -0.940. The van der Waals surface area contributed by atoms with Gasteiger partial charge in [-0.25, -0.2) is 8.42 Å². The number of anilines is 1. The van der Waals surface area contributed by atoms with Gasteiger partial charge in [0, 0.05) is 11.3 Å². The first kappa shape index (κ1) is 19.6. The average molecular weight is 407 g/mol. The Morgan fingerprint density at radius 3 is 2.52 bits per heavy atom. The first-order valence-electron chi connectivity index (χ1n) is 8.90. The lowest BCUT2D eigenvalue weighted by Gasteiger charge is -2.11. The highest BCUT2D eigenvalue weighted by Crippen LogP contribution is 2.37. The lowest BCUT2D eigenvalue weighted by atomic mass is 9.95. The number of nitrogens with one attached hydrogen (secondary N) is 1. The molecule has 1 aliphatic rings. The summed E-state index contributed by atoms with van der Waals surface area (Å²) in [5.41, 5.74) is 6.89. The molecule has 0 spiro atoms. The quantitative estimate of drug-likeness (QED) is 0.737. The molecule has 0 unspecified atom stereocenters. The Morgan fingerprint density at radius 2 is 1.81 bits per heavy atom. The number of carbonyl (C=O) groups is 2. The molecule has 144 valence electrons. The molecular formula is C19H22N2O4S2. The van der Waals surface area contributed by atoms with Crippen molar-refractivity contribution < 1.29 is 18.0 Å². The van der Waals surface area contributed by atoms with Gasteiger partial charge in [-0.05, 0) is 49.8 Å². The molecule has 2 amide bonds. The van der Waals surface area contributed by atoms with Crippen LogP contribution in [0.3, 0.4) is 0 Å². The van der Waals surface area contributed by atoms with Crippen LogP contribution in [0.15, 0.2) is 35.2 Å². The van der Waals surface area contributed by atoms with Crippen molar-refractivity contribution in [1.82, 2.24) is 0 Å². The third-order valence-electron chi connectivity index (χ3n) is 4.59. The van der Waals surface area contributed by atoms with Crippen molar-refractivity contribution in [2.45, 2.75) is 43.4 Å². The topological polar surface area (TPSA) is 106 Å². The van der Waals surface area contributed by atoms with Gasteiger partial charge in [-0.3, -0.25) is 9.59 Å². The molecule has 2 aromatic rings. The van der Waals surface area contributed by atoms with Crippen LogP contribution < -0.4 is 11.1 Å². The number of fused-ring (bicyclic) bond motifs is 1. The molecule has 0 fully saturated rings. The smallest absolute Gasteiger partial charge is 0.251 e. The number of carbonyl (C=O) groups excluding carboxylic acids is 2. The molecule has 1 heterocycles. The number of sulfone groups is 1. The lowest BCUT2D eigenvalue weighted by molar-refractivity contribution is -0.116. The van der Waals surface area contributed by atoms with Crippen LogP contribution in [0.1, 0.15) is 46.5 Å². The fourth-order valence-corrected chi connectivity index (χ4v) is 5.91. The van der Waals surface area contributed by atoms with Gasteiger partial charge in [0.1, 0.15) is 5.00 Å². The van der Waals surface area contributed by atoms with E-state index in [0.29, 0.717) is 10.6 Å². The van der Waals surface area contributed by atoms with Crippen molar-refractivity contribution >= 4 is 38.0 Å². The second-order valence-electron chi connectivity index (χ2n) is 6.56. The van der Waals surface area contributed by atoms with Gasteiger partial charge in [-0.15, -0.1) is 11.3 Å². The highest BCUT2D eigenvalue weighted by atomic mass is 32.2. The minimum absolute atomic E-state index is 0.0623. The fraction of sp³-hybridized carbons (Fsp3) is 0.368. The Hall–Kier alpha value is -2.19. The Labute approximate surface area is 162 Å². The van der Waals surface area contributed by atoms with E-state index >= 15 is 0 Å². The maximum absolute atomic E-state index is 12.3. The predicted octanol–water partition coefficient (Wildman–Crippen LogP) is 2.92. The molecule has 1 aromatic heterocycles. The SMILES string of the molecule is NC(=O)c1c(NC(=O)CCCS(=O)(=O)c2ccccc2)sc2c1CCCC2. The maximum Gasteiger partial charge on any atom is 0.251 e. The number of thiophene rings is 1. The van der Waals surface area contributed by atoms with Crippen molar-refractivity contribution in [2.75, 3.05) is 11.1 Å². The van der Waals surface area contributed by atoms with Crippen molar-refractivity contribution in [3.63, 3.8) is 0 Å². The maximum atomic E-state index is 12.3. The first-order valence-corrected chi connectivity index (χ1v) is 11.4. The summed E-state index contributed by atoms with van der Waals surface area (Å²) in [6, 6.07) is 8.19. The number of hydrogen-bond donors (Lipinski definition) is 2. The second kappa shape index (κ2) is 8.22. The Morgan fingerprint density at radius 1 is 1.11 bits per heavy atom. The molecule has 27 heavy (non-hydrogen) atoms. The summed E-state index contributed by atoms with van der Waals surface area (Å²) in [6.45, 7) is 0. The van der Waals surface area contributed by atoms with Crippen LogP contribution in [0.5, 0.6) is 0 Å². The average Bonchev–Trinajstić information content (AvgIpc) is 3.00. The van der Waals surface area contributed by atoms with E-state index in [1.807, 2.05) is 0 Å². The summed E-state index contributed by atoms with van der Waals surface area (Å²) in [7, 11) is -3.40. The summed E-state index contributed by atoms with van der Waals surface area (Å²) < 4.78 is 24.5.